The van der Waals surface area contributed by atoms with E-state index >= 15 is 0 Å². The van der Waals surface area contributed by atoms with Crippen molar-refractivity contribution < 1.29 is 9.47 Å². The number of nitrogens with one attached hydrogen (secondary N) is 1. The molecule has 1 rings (SSSR count). The van der Waals surface area contributed by atoms with Gasteiger partial charge in [-0.3, -0.25) is 4.68 Å². The number of ether oxygens (including phenoxy) is 2. The summed E-state index contributed by atoms with van der Waals surface area (Å²) in [5, 5.41) is 7.83. The lowest BCUT2D eigenvalue weighted by Crippen LogP contribution is -2.36. The molecule has 5 nitrogen and oxygen atoms in total. The zero-order chi connectivity index (χ0) is 13.9. The average Bonchev–Trinajstić information content (AvgIpc) is 2.88. The van der Waals surface area contributed by atoms with Crippen molar-refractivity contribution in [2.45, 2.75) is 39.3 Å². The van der Waals surface area contributed by atoms with Gasteiger partial charge in [-0.2, -0.15) is 5.10 Å². The molecule has 5 heteroatoms. The number of hydrogen-bond acceptors (Lipinski definition) is 4. The molecular formula is C14H27N3O2. The summed E-state index contributed by atoms with van der Waals surface area (Å²) in [6, 6.07) is 0.339. The predicted molar refractivity (Wildman–Crippen MR) is 76.4 cm³/mol. The number of aromatic nitrogens is 2. The molecule has 0 aromatic carbocycles. The van der Waals surface area contributed by atoms with E-state index in [0.29, 0.717) is 25.9 Å². The smallest absolute Gasteiger partial charge is 0.0701 e. The van der Waals surface area contributed by atoms with Crippen LogP contribution in [0.1, 0.15) is 25.8 Å². The average molecular weight is 269 g/mol. The Morgan fingerprint density at radius 2 is 2.21 bits per heavy atom. The van der Waals surface area contributed by atoms with Crippen molar-refractivity contribution in [3.63, 3.8) is 0 Å². The molecule has 19 heavy (non-hydrogen) atoms. The first kappa shape index (κ1) is 16.1. The third-order valence-electron chi connectivity index (χ3n) is 2.93. The fraction of sp³-hybridized carbons (Fsp3) is 0.786. The highest BCUT2D eigenvalue weighted by Gasteiger charge is 2.10. The highest BCUT2D eigenvalue weighted by atomic mass is 16.5. The van der Waals surface area contributed by atoms with E-state index in [0.717, 1.165) is 25.9 Å². The summed E-state index contributed by atoms with van der Waals surface area (Å²) in [6.45, 7) is 8.20. The summed E-state index contributed by atoms with van der Waals surface area (Å²) in [5.74, 6) is 0. The van der Waals surface area contributed by atoms with E-state index in [-0.39, 0.29) is 0 Å². The molecule has 1 unspecified atom stereocenters. The Balaban J connectivity index is 2.38. The van der Waals surface area contributed by atoms with Crippen LogP contribution in [0.4, 0.5) is 0 Å². The van der Waals surface area contributed by atoms with Gasteiger partial charge in [0.15, 0.2) is 0 Å². The van der Waals surface area contributed by atoms with E-state index in [2.05, 4.69) is 30.5 Å². The maximum Gasteiger partial charge on any atom is 0.0701 e. The number of aryl methyl sites for hydroxylation is 1. The second-order valence-corrected chi connectivity index (χ2v) is 4.63. The first-order valence-corrected chi connectivity index (χ1v) is 7.11. The van der Waals surface area contributed by atoms with Crippen molar-refractivity contribution in [1.29, 1.82) is 0 Å². The van der Waals surface area contributed by atoms with Gasteiger partial charge in [0.2, 0.25) is 0 Å². The lowest BCUT2D eigenvalue weighted by molar-refractivity contribution is 0.0587. The van der Waals surface area contributed by atoms with Gasteiger partial charge in [-0.15, -0.1) is 0 Å². The standard InChI is InChI=1S/C14H27N3O2/c1-4-6-15-14(12-19-8-7-18-3)9-13-10-16-17(5-2)11-13/h10-11,14-15H,4-9,12H2,1-3H3. The molecule has 0 bridgehead atoms. The Morgan fingerprint density at radius 3 is 2.84 bits per heavy atom. The quantitative estimate of drug-likeness (QED) is 0.618. The van der Waals surface area contributed by atoms with Crippen LogP contribution in [0.5, 0.6) is 0 Å². The van der Waals surface area contributed by atoms with Crippen molar-refractivity contribution in [2.75, 3.05) is 33.5 Å². The normalized spacial score (nSPS) is 12.8. The zero-order valence-electron chi connectivity index (χ0n) is 12.4. The second-order valence-electron chi connectivity index (χ2n) is 4.63. The molecule has 0 amide bonds. The zero-order valence-corrected chi connectivity index (χ0v) is 12.4. The molecule has 0 radical (unpaired) electrons. The molecule has 1 N–H and O–H groups in total. The van der Waals surface area contributed by atoms with E-state index in [1.54, 1.807) is 7.11 Å². The topological polar surface area (TPSA) is 48.3 Å². The fourth-order valence-corrected chi connectivity index (χ4v) is 1.88. The van der Waals surface area contributed by atoms with E-state index in [1.807, 2.05) is 10.9 Å². The molecule has 0 aliphatic heterocycles. The maximum atomic E-state index is 5.62. The van der Waals surface area contributed by atoms with E-state index < -0.39 is 0 Å². The molecule has 0 fully saturated rings. The van der Waals surface area contributed by atoms with Crippen LogP contribution < -0.4 is 5.32 Å². The monoisotopic (exact) mass is 269 g/mol. The summed E-state index contributed by atoms with van der Waals surface area (Å²) in [4.78, 5) is 0. The Kier molecular flexibility index (Phi) is 8.45. The van der Waals surface area contributed by atoms with Gasteiger partial charge < -0.3 is 14.8 Å². The van der Waals surface area contributed by atoms with Crippen LogP contribution in [0.3, 0.4) is 0 Å². The molecule has 0 aliphatic rings. The van der Waals surface area contributed by atoms with E-state index in [4.69, 9.17) is 9.47 Å². The number of nitrogens with zero attached hydrogens (tertiary/aromatic N) is 2. The van der Waals surface area contributed by atoms with Crippen LogP contribution in [0.2, 0.25) is 0 Å². The summed E-state index contributed by atoms with van der Waals surface area (Å²) >= 11 is 0. The van der Waals surface area contributed by atoms with E-state index in [1.165, 1.54) is 5.56 Å². The van der Waals surface area contributed by atoms with Crippen molar-refractivity contribution >= 4 is 0 Å². The summed E-state index contributed by atoms with van der Waals surface area (Å²) in [7, 11) is 1.69. The van der Waals surface area contributed by atoms with Gasteiger partial charge in [0, 0.05) is 25.9 Å². The van der Waals surface area contributed by atoms with Gasteiger partial charge in [0.1, 0.15) is 0 Å². The van der Waals surface area contributed by atoms with E-state index in [9.17, 15) is 0 Å². The number of hydrogen-bond donors (Lipinski definition) is 1. The first-order valence-electron chi connectivity index (χ1n) is 7.11. The minimum atomic E-state index is 0.339. The van der Waals surface area contributed by atoms with Crippen LogP contribution in [0.15, 0.2) is 12.4 Å². The molecule has 1 aromatic heterocycles. The van der Waals surface area contributed by atoms with Crippen molar-refractivity contribution in [3.8, 4) is 0 Å². The van der Waals surface area contributed by atoms with Gasteiger partial charge in [-0.25, -0.2) is 0 Å². The van der Waals surface area contributed by atoms with Crippen LogP contribution in [-0.4, -0.2) is 49.3 Å². The molecule has 0 saturated heterocycles. The Hall–Kier alpha value is -0.910. The molecule has 1 aromatic rings. The molecular weight excluding hydrogens is 242 g/mol. The lowest BCUT2D eigenvalue weighted by atomic mass is 10.1. The molecule has 1 atom stereocenters. The van der Waals surface area contributed by atoms with Crippen LogP contribution in [-0.2, 0) is 22.4 Å². The number of rotatable bonds is 11. The molecule has 0 aliphatic carbocycles. The van der Waals surface area contributed by atoms with Crippen LogP contribution in [0, 0.1) is 0 Å². The highest BCUT2D eigenvalue weighted by molar-refractivity contribution is 5.06. The predicted octanol–water partition coefficient (Wildman–Crippen LogP) is 1.48. The third-order valence-corrected chi connectivity index (χ3v) is 2.93. The summed E-state index contributed by atoms with van der Waals surface area (Å²) in [6.07, 6.45) is 6.13. The van der Waals surface area contributed by atoms with Crippen molar-refractivity contribution in [2.24, 2.45) is 0 Å². The van der Waals surface area contributed by atoms with Crippen LogP contribution >= 0.6 is 0 Å². The Bertz CT molecular complexity index is 328. The van der Waals surface area contributed by atoms with Gasteiger partial charge in [-0.05, 0) is 31.9 Å². The highest BCUT2D eigenvalue weighted by Crippen LogP contribution is 2.03. The minimum absolute atomic E-state index is 0.339. The summed E-state index contributed by atoms with van der Waals surface area (Å²) < 4.78 is 12.6. The van der Waals surface area contributed by atoms with Crippen molar-refractivity contribution in [3.05, 3.63) is 18.0 Å². The Labute approximate surface area is 116 Å². The van der Waals surface area contributed by atoms with Gasteiger partial charge in [-0.1, -0.05) is 6.92 Å². The largest absolute Gasteiger partial charge is 0.382 e. The summed E-state index contributed by atoms with van der Waals surface area (Å²) in [5.41, 5.74) is 1.26. The maximum absolute atomic E-state index is 5.62. The molecule has 110 valence electrons. The molecule has 0 spiro atoms. The minimum Gasteiger partial charge on any atom is -0.382 e. The molecule has 1 heterocycles. The van der Waals surface area contributed by atoms with Crippen molar-refractivity contribution in [1.82, 2.24) is 15.1 Å². The van der Waals surface area contributed by atoms with Gasteiger partial charge >= 0.3 is 0 Å². The van der Waals surface area contributed by atoms with Crippen LogP contribution in [0.25, 0.3) is 0 Å². The number of methoxy groups -OCH3 is 1. The van der Waals surface area contributed by atoms with Gasteiger partial charge in [0.05, 0.1) is 26.0 Å². The third kappa shape index (κ3) is 6.71. The fourth-order valence-electron chi connectivity index (χ4n) is 1.88. The Morgan fingerprint density at radius 1 is 1.37 bits per heavy atom. The van der Waals surface area contributed by atoms with Gasteiger partial charge in [0.25, 0.3) is 0 Å². The first-order chi connectivity index (χ1) is 9.30. The molecule has 0 saturated carbocycles. The second kappa shape index (κ2) is 9.95. The SMILES string of the molecule is CCCNC(COCCOC)Cc1cnn(CC)c1. The lowest BCUT2D eigenvalue weighted by Gasteiger charge is -2.17.